The first-order valence-electron chi connectivity index (χ1n) is 6.25. The second-order valence-electron chi connectivity index (χ2n) is 5.46. The van der Waals surface area contributed by atoms with Gasteiger partial charge in [-0.05, 0) is 38.5 Å². The Kier molecular flexibility index (Phi) is 5.78. The van der Waals surface area contributed by atoms with Crippen LogP contribution in [0.4, 0.5) is 5.69 Å². The first-order chi connectivity index (χ1) is 9.47. The molecule has 0 aliphatic rings. The summed E-state index contributed by atoms with van der Waals surface area (Å²) >= 11 is 0. The van der Waals surface area contributed by atoms with Crippen LogP contribution in [0.25, 0.3) is 0 Å². The minimum Gasteiger partial charge on any atom is -0.388 e. The van der Waals surface area contributed by atoms with Crippen LogP contribution in [0.2, 0.25) is 0 Å². The van der Waals surface area contributed by atoms with Gasteiger partial charge in [-0.1, -0.05) is 12.1 Å². The lowest BCUT2D eigenvalue weighted by Gasteiger charge is -2.26. The second-order valence-corrected chi connectivity index (χ2v) is 9.69. The molecule has 1 aromatic rings. The molecule has 0 aromatic heterocycles. The second kappa shape index (κ2) is 6.61. The summed E-state index contributed by atoms with van der Waals surface area (Å²) in [5, 5.41) is 1.76. The first kappa shape index (κ1) is 18.4. The predicted octanol–water partition coefficient (Wildman–Crippen LogP) is 3.35. The highest BCUT2D eigenvalue weighted by Gasteiger charge is 2.43. The lowest BCUT2D eigenvalue weighted by molar-refractivity contribution is 0.184. The van der Waals surface area contributed by atoms with Gasteiger partial charge in [-0.2, -0.15) is 0 Å². The molecule has 2 atom stereocenters. The Morgan fingerprint density at radius 3 is 2.10 bits per heavy atom. The molecule has 0 spiro atoms. The minimum atomic E-state index is -4.62. The Labute approximate surface area is 124 Å². The number of hydrogen-bond donors (Lipinski definition) is 3. The molecule has 3 N–H and O–H groups in total. The zero-order valence-electron chi connectivity index (χ0n) is 12.4. The van der Waals surface area contributed by atoms with Crippen molar-refractivity contribution < 1.29 is 27.8 Å². The van der Waals surface area contributed by atoms with E-state index >= 15 is 0 Å². The summed E-state index contributed by atoms with van der Waals surface area (Å²) in [6.07, 6.45) is 0. The van der Waals surface area contributed by atoms with Crippen LogP contribution in [-0.4, -0.2) is 22.0 Å². The molecule has 0 saturated heterocycles. The van der Waals surface area contributed by atoms with Crippen LogP contribution in [0.15, 0.2) is 24.3 Å². The monoisotopic (exact) mass is 337 g/mol. The summed E-state index contributed by atoms with van der Waals surface area (Å²) in [5.74, 6) is 0. The summed E-state index contributed by atoms with van der Waals surface area (Å²) in [4.78, 5) is 19.2. The van der Waals surface area contributed by atoms with Crippen LogP contribution >= 0.6 is 15.4 Å². The van der Waals surface area contributed by atoms with E-state index in [2.05, 4.69) is 9.63 Å². The zero-order valence-corrected chi connectivity index (χ0v) is 14.2. The maximum atomic E-state index is 11.9. The third kappa shape index (κ3) is 5.55. The van der Waals surface area contributed by atoms with E-state index in [0.29, 0.717) is 5.56 Å². The number of phosphoric acid groups is 1. The molecule has 9 heteroatoms. The maximum Gasteiger partial charge on any atom is 0.479 e. The number of rotatable bonds is 6. The van der Waals surface area contributed by atoms with Gasteiger partial charge in [-0.15, -0.1) is 0 Å². The number of phosphoric ester groups is 1. The molecule has 7 nitrogen and oxygen atoms in total. The van der Waals surface area contributed by atoms with E-state index in [4.69, 9.17) is 4.52 Å². The molecule has 120 valence electrons. The lowest BCUT2D eigenvalue weighted by atomic mass is 10.2. The highest BCUT2D eigenvalue weighted by Crippen LogP contribution is 2.66. The summed E-state index contributed by atoms with van der Waals surface area (Å²) in [7, 11) is -7.13. The van der Waals surface area contributed by atoms with Gasteiger partial charge in [0.25, 0.3) is 0 Å². The van der Waals surface area contributed by atoms with Gasteiger partial charge < -0.3 is 15.1 Å². The molecule has 0 fully saturated rings. The number of hydrogen-bond acceptors (Lipinski definition) is 5. The van der Waals surface area contributed by atoms with E-state index in [9.17, 15) is 18.9 Å². The van der Waals surface area contributed by atoms with E-state index in [1.165, 1.54) is 20.8 Å². The molecule has 0 bridgehead atoms. The van der Waals surface area contributed by atoms with Gasteiger partial charge >= 0.3 is 15.4 Å². The van der Waals surface area contributed by atoms with Gasteiger partial charge in [0.15, 0.2) is 0 Å². The normalized spacial score (nSPS) is 17.8. The van der Waals surface area contributed by atoms with Crippen LogP contribution < -0.4 is 5.32 Å². The van der Waals surface area contributed by atoms with Gasteiger partial charge in [-0.3, -0.25) is 9.09 Å². The molecule has 1 rings (SSSR count). The Morgan fingerprint density at radius 1 is 1.14 bits per heavy atom. The number of benzene rings is 1. The molecule has 0 aliphatic carbocycles. The van der Waals surface area contributed by atoms with Gasteiger partial charge in [0.1, 0.15) is 0 Å². The smallest absolute Gasteiger partial charge is 0.388 e. The van der Waals surface area contributed by atoms with Gasteiger partial charge in [0.2, 0.25) is 0 Å². The van der Waals surface area contributed by atoms with Crippen molar-refractivity contribution in [3.8, 4) is 0 Å². The zero-order chi connectivity index (χ0) is 16.3. The Bertz CT molecular complexity index is 566. The fraction of sp³-hybridized carbons (Fsp3) is 0.500. The fourth-order valence-electron chi connectivity index (χ4n) is 1.21. The largest absolute Gasteiger partial charge is 0.479 e. The highest BCUT2D eigenvalue weighted by atomic mass is 31.3. The summed E-state index contributed by atoms with van der Waals surface area (Å²) in [6.45, 7) is 4.10. The van der Waals surface area contributed by atoms with Crippen molar-refractivity contribution in [3.05, 3.63) is 29.8 Å². The fourth-order valence-corrected chi connectivity index (χ4v) is 3.81. The molecule has 0 saturated carbocycles. The highest BCUT2D eigenvalue weighted by molar-refractivity contribution is 7.64. The Hall–Kier alpha value is -0.680. The molecular weight excluding hydrogens is 316 g/mol. The van der Waals surface area contributed by atoms with Crippen LogP contribution in [0.1, 0.15) is 26.3 Å². The molecule has 21 heavy (non-hydrogen) atoms. The molecular formula is C12H21NO6P2. The summed E-state index contributed by atoms with van der Waals surface area (Å²) in [5.41, 5.74) is 1.52. The molecule has 0 amide bonds. The van der Waals surface area contributed by atoms with E-state index in [1.807, 2.05) is 0 Å². The van der Waals surface area contributed by atoms with Gasteiger partial charge in [0, 0.05) is 12.7 Å². The number of nitrogens with one attached hydrogen (secondary N) is 1. The number of anilines is 1. The van der Waals surface area contributed by atoms with E-state index < -0.39 is 20.6 Å². The third-order valence-electron chi connectivity index (χ3n) is 2.70. The molecule has 0 radical (unpaired) electrons. The predicted molar refractivity (Wildman–Crippen MR) is 81.3 cm³/mol. The average Bonchev–Trinajstić information content (AvgIpc) is 2.34. The SMILES string of the molecule is CNc1ccc(COP(=O)(O)OP(=O)(O)C(C)(C)C)cc1. The Balaban J connectivity index is 2.68. The van der Waals surface area contributed by atoms with E-state index in [1.54, 1.807) is 31.3 Å². The van der Waals surface area contributed by atoms with Crippen molar-refractivity contribution in [1.29, 1.82) is 0 Å². The van der Waals surface area contributed by atoms with Crippen LogP contribution in [0.5, 0.6) is 0 Å². The quantitative estimate of drug-likeness (QED) is 0.684. The molecule has 0 heterocycles. The van der Waals surface area contributed by atoms with Crippen LogP contribution in [-0.2, 0) is 24.6 Å². The lowest BCUT2D eigenvalue weighted by Crippen LogP contribution is -2.16. The van der Waals surface area contributed by atoms with Crippen molar-refractivity contribution in [2.24, 2.45) is 0 Å². The van der Waals surface area contributed by atoms with Crippen molar-refractivity contribution in [1.82, 2.24) is 0 Å². The topological polar surface area (TPSA) is 105 Å². The first-order valence-corrected chi connectivity index (χ1v) is 9.32. The Morgan fingerprint density at radius 2 is 1.67 bits per heavy atom. The van der Waals surface area contributed by atoms with Crippen LogP contribution in [0.3, 0.4) is 0 Å². The summed E-state index contributed by atoms with van der Waals surface area (Å²) in [6, 6.07) is 6.95. The van der Waals surface area contributed by atoms with Crippen molar-refractivity contribution >= 4 is 21.1 Å². The van der Waals surface area contributed by atoms with Crippen molar-refractivity contribution in [2.75, 3.05) is 12.4 Å². The standard InChI is InChI=1S/C12H21NO6P2/c1-12(2,3)20(14,15)19-21(16,17)18-9-10-5-7-11(13-4)8-6-10/h5-8,13H,9H2,1-4H3,(H,14,15)(H,16,17). The van der Waals surface area contributed by atoms with Gasteiger partial charge in [-0.25, -0.2) is 8.88 Å². The molecule has 0 aliphatic heterocycles. The minimum absolute atomic E-state index is 0.206. The summed E-state index contributed by atoms with van der Waals surface area (Å²) < 4.78 is 32.8. The van der Waals surface area contributed by atoms with Crippen molar-refractivity contribution in [3.63, 3.8) is 0 Å². The van der Waals surface area contributed by atoms with E-state index in [-0.39, 0.29) is 6.61 Å². The van der Waals surface area contributed by atoms with E-state index in [0.717, 1.165) is 5.69 Å². The van der Waals surface area contributed by atoms with Gasteiger partial charge in [0.05, 0.1) is 11.8 Å². The molecule has 2 unspecified atom stereocenters. The average molecular weight is 337 g/mol. The van der Waals surface area contributed by atoms with Crippen LogP contribution in [0, 0.1) is 0 Å². The third-order valence-corrected chi connectivity index (χ3v) is 6.56. The van der Waals surface area contributed by atoms with Crippen molar-refractivity contribution in [2.45, 2.75) is 32.5 Å². The maximum absolute atomic E-state index is 11.9. The molecule has 1 aromatic carbocycles.